The van der Waals surface area contributed by atoms with Gasteiger partial charge in [-0.05, 0) is 31.4 Å². The Kier molecular flexibility index (Phi) is 3.45. The zero-order valence-corrected chi connectivity index (χ0v) is 10.1. The Morgan fingerprint density at radius 2 is 2.28 bits per heavy atom. The second kappa shape index (κ2) is 5.03. The monoisotopic (exact) mass is 249 g/mol. The second-order valence-corrected chi connectivity index (χ2v) is 4.37. The first-order valence-corrected chi connectivity index (χ1v) is 5.80. The maximum absolute atomic E-state index is 12.0. The molecule has 6 heteroatoms. The van der Waals surface area contributed by atoms with Crippen LogP contribution in [0, 0.1) is 6.92 Å². The van der Waals surface area contributed by atoms with E-state index in [9.17, 15) is 9.59 Å². The third-order valence-corrected chi connectivity index (χ3v) is 2.92. The SMILES string of the molecule is Cc1cncc(NC(=O)N2CCCC2C(=O)O)c1. The van der Waals surface area contributed by atoms with E-state index in [0.717, 1.165) is 12.0 Å². The molecule has 1 aromatic rings. The zero-order valence-electron chi connectivity index (χ0n) is 10.1. The number of carbonyl (C=O) groups is 2. The molecule has 0 radical (unpaired) electrons. The molecule has 1 aliphatic heterocycles. The first-order valence-electron chi connectivity index (χ1n) is 5.80. The van der Waals surface area contributed by atoms with Gasteiger partial charge in [-0.1, -0.05) is 0 Å². The fourth-order valence-electron chi connectivity index (χ4n) is 2.09. The largest absolute Gasteiger partial charge is 0.480 e. The number of hydrogen-bond acceptors (Lipinski definition) is 3. The number of anilines is 1. The van der Waals surface area contributed by atoms with Crippen LogP contribution in [0.5, 0.6) is 0 Å². The fraction of sp³-hybridized carbons (Fsp3) is 0.417. The molecule has 1 saturated heterocycles. The highest BCUT2D eigenvalue weighted by Gasteiger charge is 2.33. The predicted octanol–water partition coefficient (Wildman–Crippen LogP) is 1.47. The molecule has 2 amide bonds. The van der Waals surface area contributed by atoms with Gasteiger partial charge in [0.15, 0.2) is 0 Å². The molecule has 1 fully saturated rings. The van der Waals surface area contributed by atoms with Crippen LogP contribution in [0.3, 0.4) is 0 Å². The number of nitrogens with zero attached hydrogens (tertiary/aromatic N) is 2. The van der Waals surface area contributed by atoms with Crippen LogP contribution >= 0.6 is 0 Å². The molecule has 18 heavy (non-hydrogen) atoms. The average molecular weight is 249 g/mol. The van der Waals surface area contributed by atoms with Gasteiger partial charge in [-0.15, -0.1) is 0 Å². The Morgan fingerprint density at radius 3 is 2.94 bits per heavy atom. The molecule has 0 aromatic carbocycles. The van der Waals surface area contributed by atoms with Crippen LogP contribution < -0.4 is 5.32 Å². The summed E-state index contributed by atoms with van der Waals surface area (Å²) in [5, 5.41) is 11.7. The minimum Gasteiger partial charge on any atom is -0.480 e. The molecule has 0 bridgehead atoms. The van der Waals surface area contributed by atoms with E-state index >= 15 is 0 Å². The Labute approximate surface area is 105 Å². The standard InChI is InChI=1S/C12H15N3O3/c1-8-5-9(7-13-6-8)14-12(18)15-4-2-3-10(15)11(16)17/h5-7,10H,2-4H2,1H3,(H,14,18)(H,16,17). The van der Waals surface area contributed by atoms with Crippen molar-refractivity contribution in [1.82, 2.24) is 9.88 Å². The number of amides is 2. The van der Waals surface area contributed by atoms with Crippen LogP contribution in [0.1, 0.15) is 18.4 Å². The van der Waals surface area contributed by atoms with E-state index in [-0.39, 0.29) is 6.03 Å². The Hall–Kier alpha value is -2.11. The molecule has 2 N–H and O–H groups in total. The number of aryl methyl sites for hydroxylation is 1. The maximum atomic E-state index is 12.0. The molecule has 96 valence electrons. The van der Waals surface area contributed by atoms with Gasteiger partial charge in [-0.2, -0.15) is 0 Å². The van der Waals surface area contributed by atoms with Crippen molar-refractivity contribution in [3.8, 4) is 0 Å². The number of aromatic nitrogens is 1. The lowest BCUT2D eigenvalue weighted by Gasteiger charge is -2.21. The number of carbonyl (C=O) groups excluding carboxylic acids is 1. The number of likely N-dealkylation sites (tertiary alicyclic amines) is 1. The summed E-state index contributed by atoms with van der Waals surface area (Å²) in [5.41, 5.74) is 1.51. The van der Waals surface area contributed by atoms with Gasteiger partial charge in [0, 0.05) is 12.7 Å². The van der Waals surface area contributed by atoms with Crippen molar-refractivity contribution in [3.63, 3.8) is 0 Å². The van der Waals surface area contributed by atoms with Crippen LogP contribution in [0.2, 0.25) is 0 Å². The third-order valence-electron chi connectivity index (χ3n) is 2.92. The number of aliphatic carboxylic acids is 1. The molecule has 0 saturated carbocycles. The summed E-state index contributed by atoms with van der Waals surface area (Å²) < 4.78 is 0. The van der Waals surface area contributed by atoms with Crippen molar-refractivity contribution in [2.24, 2.45) is 0 Å². The van der Waals surface area contributed by atoms with E-state index in [1.54, 1.807) is 12.3 Å². The summed E-state index contributed by atoms with van der Waals surface area (Å²) in [4.78, 5) is 28.3. The normalized spacial score (nSPS) is 18.7. The van der Waals surface area contributed by atoms with Gasteiger partial charge in [-0.25, -0.2) is 9.59 Å². The van der Waals surface area contributed by atoms with Crippen LogP contribution in [-0.2, 0) is 4.79 Å². The highest BCUT2D eigenvalue weighted by atomic mass is 16.4. The molecule has 6 nitrogen and oxygen atoms in total. The lowest BCUT2D eigenvalue weighted by molar-refractivity contribution is -0.141. The lowest BCUT2D eigenvalue weighted by Crippen LogP contribution is -2.42. The van der Waals surface area contributed by atoms with Crippen LogP contribution in [0.25, 0.3) is 0 Å². The van der Waals surface area contributed by atoms with Crippen molar-refractivity contribution in [2.75, 3.05) is 11.9 Å². The first kappa shape index (κ1) is 12.3. The van der Waals surface area contributed by atoms with Crippen LogP contribution in [0.4, 0.5) is 10.5 Å². The summed E-state index contributed by atoms with van der Waals surface area (Å²) in [6.07, 6.45) is 4.45. The van der Waals surface area contributed by atoms with Crippen molar-refractivity contribution in [3.05, 3.63) is 24.0 Å². The van der Waals surface area contributed by atoms with E-state index in [1.165, 1.54) is 11.1 Å². The average Bonchev–Trinajstić information content (AvgIpc) is 2.77. The molecule has 1 unspecified atom stereocenters. The number of urea groups is 1. The minimum atomic E-state index is -0.954. The van der Waals surface area contributed by atoms with Gasteiger partial charge >= 0.3 is 12.0 Å². The number of carboxylic acid groups (broad SMARTS) is 1. The summed E-state index contributed by atoms with van der Waals surface area (Å²) >= 11 is 0. The summed E-state index contributed by atoms with van der Waals surface area (Å²) in [6.45, 7) is 2.35. The molecule has 1 aromatic heterocycles. The van der Waals surface area contributed by atoms with Crippen molar-refractivity contribution in [2.45, 2.75) is 25.8 Å². The number of pyridine rings is 1. The molecular weight excluding hydrogens is 234 g/mol. The highest BCUT2D eigenvalue weighted by molar-refractivity contribution is 5.92. The topological polar surface area (TPSA) is 82.5 Å². The molecule has 2 heterocycles. The highest BCUT2D eigenvalue weighted by Crippen LogP contribution is 2.19. The smallest absolute Gasteiger partial charge is 0.326 e. The quantitative estimate of drug-likeness (QED) is 0.831. The molecule has 0 spiro atoms. The van der Waals surface area contributed by atoms with E-state index in [2.05, 4.69) is 10.3 Å². The number of nitrogens with one attached hydrogen (secondary N) is 1. The van der Waals surface area contributed by atoms with Gasteiger partial charge in [0.2, 0.25) is 0 Å². The Balaban J connectivity index is 2.06. The van der Waals surface area contributed by atoms with Gasteiger partial charge in [-0.3, -0.25) is 4.98 Å². The molecule has 1 aliphatic rings. The van der Waals surface area contributed by atoms with Crippen LogP contribution in [0.15, 0.2) is 18.5 Å². The molecule has 0 aliphatic carbocycles. The molecule has 1 atom stereocenters. The van der Waals surface area contributed by atoms with E-state index in [4.69, 9.17) is 5.11 Å². The molecular formula is C12H15N3O3. The molecule has 2 rings (SSSR count). The van der Waals surface area contributed by atoms with Crippen LogP contribution in [-0.4, -0.2) is 39.6 Å². The van der Waals surface area contributed by atoms with E-state index in [0.29, 0.717) is 18.7 Å². The number of carboxylic acids is 1. The number of hydrogen-bond donors (Lipinski definition) is 2. The minimum absolute atomic E-state index is 0.382. The number of rotatable bonds is 2. The summed E-state index contributed by atoms with van der Waals surface area (Å²) in [7, 11) is 0. The van der Waals surface area contributed by atoms with E-state index < -0.39 is 12.0 Å². The Morgan fingerprint density at radius 1 is 1.50 bits per heavy atom. The first-order chi connectivity index (χ1) is 8.58. The summed E-state index contributed by atoms with van der Waals surface area (Å²) in [6, 6.07) is 0.687. The Bertz CT molecular complexity index is 475. The second-order valence-electron chi connectivity index (χ2n) is 4.37. The van der Waals surface area contributed by atoms with Gasteiger partial charge in [0.1, 0.15) is 6.04 Å². The maximum Gasteiger partial charge on any atom is 0.326 e. The summed E-state index contributed by atoms with van der Waals surface area (Å²) in [5.74, 6) is -0.954. The van der Waals surface area contributed by atoms with Crippen molar-refractivity contribution in [1.29, 1.82) is 0 Å². The van der Waals surface area contributed by atoms with E-state index in [1.807, 2.05) is 6.92 Å². The van der Waals surface area contributed by atoms with Gasteiger partial charge < -0.3 is 15.3 Å². The lowest BCUT2D eigenvalue weighted by atomic mass is 10.2. The zero-order chi connectivity index (χ0) is 13.1. The van der Waals surface area contributed by atoms with Crippen molar-refractivity contribution >= 4 is 17.7 Å². The van der Waals surface area contributed by atoms with Gasteiger partial charge in [0.05, 0.1) is 11.9 Å². The fourth-order valence-corrected chi connectivity index (χ4v) is 2.09. The van der Waals surface area contributed by atoms with Gasteiger partial charge in [0.25, 0.3) is 0 Å². The van der Waals surface area contributed by atoms with Crippen molar-refractivity contribution < 1.29 is 14.7 Å². The predicted molar refractivity (Wildman–Crippen MR) is 65.4 cm³/mol. The third kappa shape index (κ3) is 2.58.